The van der Waals surface area contributed by atoms with E-state index in [1.54, 1.807) is 26.9 Å². The first kappa shape index (κ1) is 36.3. The zero-order valence-corrected chi connectivity index (χ0v) is 30.1. The van der Waals surface area contributed by atoms with Crippen molar-refractivity contribution in [2.24, 2.45) is 23.7 Å². The Bertz CT molecular complexity index is 1590. The minimum atomic E-state index is -1.28. The van der Waals surface area contributed by atoms with Gasteiger partial charge in [-0.1, -0.05) is 51.5 Å². The lowest BCUT2D eigenvalue weighted by Gasteiger charge is -2.41. The van der Waals surface area contributed by atoms with Crippen molar-refractivity contribution in [3.05, 3.63) is 78.9 Å². The van der Waals surface area contributed by atoms with Crippen LogP contribution < -0.4 is 14.5 Å². The molecule has 0 saturated carbocycles. The number of likely N-dealkylation sites (tertiary alicyclic amines) is 1. The molecule has 8 atom stereocenters. The fourth-order valence-electron chi connectivity index (χ4n) is 8.61. The molecule has 0 aliphatic carbocycles. The van der Waals surface area contributed by atoms with Gasteiger partial charge in [0, 0.05) is 24.5 Å². The smallest absolute Gasteiger partial charge is 0.253 e. The monoisotopic (exact) mass is 671 g/mol. The topological polar surface area (TPSA) is 99.6 Å². The van der Waals surface area contributed by atoms with Crippen LogP contribution in [0.15, 0.2) is 67.8 Å². The first-order valence-electron chi connectivity index (χ1n) is 17.6. The lowest BCUT2D eigenvalue weighted by atomic mass is 9.62. The van der Waals surface area contributed by atoms with Gasteiger partial charge in [-0.15, -0.1) is 13.2 Å². The Balaban J connectivity index is 1.67. The molecule has 3 heterocycles. The average Bonchev–Trinajstić information content (AvgIpc) is 3.60. The molecule has 3 saturated heterocycles. The lowest BCUT2D eigenvalue weighted by molar-refractivity contribution is -0.150. The van der Waals surface area contributed by atoms with Crippen molar-refractivity contribution in [1.29, 1.82) is 0 Å². The number of anilines is 2. The van der Waals surface area contributed by atoms with Gasteiger partial charge in [0.25, 0.3) is 5.91 Å². The molecule has 9 nitrogen and oxygen atoms in total. The molecule has 2 aromatic rings. The molecule has 3 aliphatic heterocycles. The standard InChI is InChI=1S/C40H53N3O6/c1-10-20-41(29-16-18-30(19-17-29)48-13-4)36(45)33-34-37(46)43(32(24-44)26(6)12-3)35(40(34)23-28(8)39(33,9)49-40)38(47)42(21-11-2)31-22-25(5)14-15-27(31)7/h10-11,14-19,22,26,28,32-35,44H,1-2,12-13,20-21,23-24H2,3-9H3/t26-,28?,32-,33-,34-,35?,39+,40?/m0/s1. The first-order valence-corrected chi connectivity index (χ1v) is 17.6. The highest BCUT2D eigenvalue weighted by molar-refractivity contribution is 6.07. The third-order valence-electron chi connectivity index (χ3n) is 11.4. The lowest BCUT2D eigenvalue weighted by Crippen LogP contribution is -2.60. The van der Waals surface area contributed by atoms with Crippen molar-refractivity contribution in [3.63, 3.8) is 0 Å². The van der Waals surface area contributed by atoms with E-state index in [2.05, 4.69) is 13.2 Å². The van der Waals surface area contributed by atoms with E-state index in [9.17, 15) is 9.90 Å². The molecule has 1 N–H and O–H groups in total. The summed E-state index contributed by atoms with van der Waals surface area (Å²) in [7, 11) is 0. The summed E-state index contributed by atoms with van der Waals surface area (Å²) in [5.74, 6) is -2.25. The molecule has 3 fully saturated rings. The van der Waals surface area contributed by atoms with E-state index < -0.39 is 35.1 Å². The summed E-state index contributed by atoms with van der Waals surface area (Å²) in [4.78, 5) is 50.2. The number of amides is 3. The number of rotatable bonds is 14. The summed E-state index contributed by atoms with van der Waals surface area (Å²) < 4.78 is 12.7. The SMILES string of the molecule is C=CCN(C(=O)[C@@H]1[C@H]2C(=O)N([C@@H](CO)[C@@H](C)CC)C(C(=O)N(CC=C)c3cc(C)ccc3C)C23CC(C)[C@@]1(C)O3)c1ccc(OCC)cc1. The number of nitrogens with zero attached hydrogens (tertiary/aromatic N) is 3. The molecular formula is C40H53N3O6. The van der Waals surface area contributed by atoms with Crippen LogP contribution in [0.5, 0.6) is 5.75 Å². The Labute approximate surface area is 291 Å². The largest absolute Gasteiger partial charge is 0.494 e. The van der Waals surface area contributed by atoms with Crippen molar-refractivity contribution < 1.29 is 29.0 Å². The molecule has 0 radical (unpaired) electrons. The van der Waals surface area contributed by atoms with E-state index in [0.29, 0.717) is 30.9 Å². The van der Waals surface area contributed by atoms with Crippen LogP contribution in [-0.4, -0.2) is 77.3 Å². The van der Waals surface area contributed by atoms with Crippen LogP contribution in [-0.2, 0) is 19.1 Å². The molecule has 2 aromatic carbocycles. The van der Waals surface area contributed by atoms with Crippen LogP contribution in [0.1, 0.15) is 58.6 Å². The number of ether oxygens (including phenoxy) is 2. The molecule has 49 heavy (non-hydrogen) atoms. The van der Waals surface area contributed by atoms with Crippen LogP contribution in [0.4, 0.5) is 11.4 Å². The summed E-state index contributed by atoms with van der Waals surface area (Å²) in [5, 5.41) is 10.8. The Morgan fingerprint density at radius 2 is 1.73 bits per heavy atom. The van der Waals surface area contributed by atoms with Gasteiger partial charge in [-0.2, -0.15) is 0 Å². The van der Waals surface area contributed by atoms with E-state index in [-0.39, 0.29) is 49.3 Å². The highest BCUT2D eigenvalue weighted by atomic mass is 16.5. The number of hydrogen-bond acceptors (Lipinski definition) is 6. The normalized spacial score (nSPS) is 28.2. The number of carbonyl (C=O) groups excluding carboxylic acids is 3. The van der Waals surface area contributed by atoms with E-state index >= 15 is 9.59 Å². The fourth-order valence-corrected chi connectivity index (χ4v) is 8.61. The maximum atomic E-state index is 15.2. The van der Waals surface area contributed by atoms with Crippen LogP contribution in [0.25, 0.3) is 0 Å². The van der Waals surface area contributed by atoms with Gasteiger partial charge >= 0.3 is 0 Å². The zero-order chi connectivity index (χ0) is 35.8. The summed E-state index contributed by atoms with van der Waals surface area (Å²) in [5.41, 5.74) is 0.989. The van der Waals surface area contributed by atoms with Gasteiger partial charge in [0.2, 0.25) is 11.8 Å². The number of aliphatic hydroxyl groups is 1. The number of carbonyl (C=O) groups is 3. The number of fused-ring (bicyclic) bond motifs is 1. The highest BCUT2D eigenvalue weighted by Crippen LogP contribution is 2.66. The Morgan fingerprint density at radius 3 is 2.33 bits per heavy atom. The third kappa shape index (κ3) is 5.88. The molecule has 0 aromatic heterocycles. The Kier molecular flexibility index (Phi) is 10.5. The van der Waals surface area contributed by atoms with Crippen LogP contribution >= 0.6 is 0 Å². The van der Waals surface area contributed by atoms with Gasteiger partial charge in [-0.25, -0.2) is 0 Å². The average molecular weight is 672 g/mol. The predicted molar refractivity (Wildman–Crippen MR) is 193 cm³/mol. The van der Waals surface area contributed by atoms with Gasteiger partial charge in [-0.3, -0.25) is 14.4 Å². The van der Waals surface area contributed by atoms with E-state index in [4.69, 9.17) is 9.47 Å². The zero-order valence-electron chi connectivity index (χ0n) is 30.1. The van der Waals surface area contributed by atoms with Crippen LogP contribution in [0.2, 0.25) is 0 Å². The Morgan fingerprint density at radius 1 is 1.08 bits per heavy atom. The van der Waals surface area contributed by atoms with Gasteiger partial charge in [0.15, 0.2) is 0 Å². The number of aliphatic hydroxyl groups excluding tert-OH is 1. The maximum Gasteiger partial charge on any atom is 0.253 e. The minimum absolute atomic E-state index is 0.117. The second-order valence-corrected chi connectivity index (χ2v) is 14.3. The van der Waals surface area contributed by atoms with Gasteiger partial charge in [0.1, 0.15) is 17.4 Å². The quantitative estimate of drug-likeness (QED) is 0.253. The fraction of sp³-hybridized carbons (Fsp3) is 0.525. The Hall–Kier alpha value is -3.95. The first-order chi connectivity index (χ1) is 23.3. The minimum Gasteiger partial charge on any atom is -0.494 e. The molecule has 3 unspecified atom stereocenters. The van der Waals surface area contributed by atoms with Crippen LogP contribution in [0.3, 0.4) is 0 Å². The van der Waals surface area contributed by atoms with Gasteiger partial charge in [0.05, 0.1) is 36.7 Å². The molecular weight excluding hydrogens is 618 g/mol. The second-order valence-electron chi connectivity index (χ2n) is 14.3. The van der Waals surface area contributed by atoms with Crippen molar-refractivity contribution in [2.45, 2.75) is 84.6 Å². The summed E-state index contributed by atoms with van der Waals surface area (Å²) in [6.45, 7) is 22.3. The molecule has 2 bridgehead atoms. The maximum absolute atomic E-state index is 15.2. The molecule has 264 valence electrons. The number of hydrogen-bond donors (Lipinski definition) is 1. The molecule has 3 aliphatic rings. The predicted octanol–water partition coefficient (Wildman–Crippen LogP) is 5.86. The number of benzene rings is 2. The summed E-state index contributed by atoms with van der Waals surface area (Å²) >= 11 is 0. The van der Waals surface area contributed by atoms with Crippen molar-refractivity contribution in [1.82, 2.24) is 4.90 Å². The van der Waals surface area contributed by atoms with Gasteiger partial charge < -0.3 is 29.3 Å². The van der Waals surface area contributed by atoms with Crippen molar-refractivity contribution in [3.8, 4) is 5.75 Å². The summed E-state index contributed by atoms with van der Waals surface area (Å²) in [6.07, 6.45) is 4.46. The van der Waals surface area contributed by atoms with Crippen LogP contribution in [0, 0.1) is 37.5 Å². The molecule has 5 rings (SSSR count). The van der Waals surface area contributed by atoms with Crippen molar-refractivity contribution >= 4 is 29.1 Å². The molecule has 3 amide bonds. The van der Waals surface area contributed by atoms with E-state index in [1.165, 1.54) is 0 Å². The highest BCUT2D eigenvalue weighted by Gasteiger charge is 2.80. The second kappa shape index (κ2) is 14.1. The van der Waals surface area contributed by atoms with E-state index in [1.807, 2.05) is 90.9 Å². The number of aryl methyl sites for hydroxylation is 2. The third-order valence-corrected chi connectivity index (χ3v) is 11.4. The molecule has 1 spiro atoms. The summed E-state index contributed by atoms with van der Waals surface area (Å²) in [6, 6.07) is 11.6. The van der Waals surface area contributed by atoms with Gasteiger partial charge in [-0.05, 0) is 87.4 Å². The molecule has 9 heteroatoms. The van der Waals surface area contributed by atoms with E-state index in [0.717, 1.165) is 16.8 Å². The van der Waals surface area contributed by atoms with Crippen molar-refractivity contribution in [2.75, 3.05) is 36.1 Å².